The summed E-state index contributed by atoms with van der Waals surface area (Å²) in [5.41, 5.74) is 1.07. The topological polar surface area (TPSA) is 90.0 Å². The average molecular weight is 464 g/mol. The largest absolute Gasteiger partial charge is 0.354 e. The molecule has 33 heavy (non-hydrogen) atoms. The Kier molecular flexibility index (Phi) is 6.59. The molecule has 0 bridgehead atoms. The van der Waals surface area contributed by atoms with E-state index in [0.29, 0.717) is 23.3 Å². The van der Waals surface area contributed by atoms with Gasteiger partial charge in [0.15, 0.2) is 5.16 Å². The van der Waals surface area contributed by atoms with Gasteiger partial charge >= 0.3 is 0 Å². The van der Waals surface area contributed by atoms with Crippen molar-refractivity contribution in [2.45, 2.75) is 36.2 Å². The standard InChI is InChI=1S/C24H29N7OS/c1-2-30-11-13-31(14-12-30)23-16-22(26-21-9-10-25-29-21)27-24(28-23)33-19-7-3-17(4-8-19)15-20(32)18-5-6-18/h3-4,7-10,16,18H,2,5-6,11-15H2,1H3,(H2,25,26,27,28,29). The quantitative estimate of drug-likeness (QED) is 0.464. The normalized spacial score (nSPS) is 16.7. The summed E-state index contributed by atoms with van der Waals surface area (Å²) in [6, 6.07) is 12.1. The van der Waals surface area contributed by atoms with E-state index in [4.69, 9.17) is 9.97 Å². The minimum Gasteiger partial charge on any atom is -0.354 e. The Morgan fingerprint density at radius 3 is 2.58 bits per heavy atom. The van der Waals surface area contributed by atoms with Crippen LogP contribution in [0.3, 0.4) is 0 Å². The number of aromatic nitrogens is 4. The molecule has 3 heterocycles. The number of hydrogen-bond acceptors (Lipinski definition) is 8. The summed E-state index contributed by atoms with van der Waals surface area (Å²) in [4.78, 5) is 27.5. The van der Waals surface area contributed by atoms with Crippen LogP contribution in [-0.2, 0) is 11.2 Å². The number of rotatable bonds is 9. The highest BCUT2D eigenvalue weighted by atomic mass is 32.2. The fourth-order valence-corrected chi connectivity index (χ4v) is 4.74. The summed E-state index contributed by atoms with van der Waals surface area (Å²) in [7, 11) is 0. The van der Waals surface area contributed by atoms with Gasteiger partial charge in [0.25, 0.3) is 0 Å². The first-order valence-corrected chi connectivity index (χ1v) is 12.4. The number of benzene rings is 1. The summed E-state index contributed by atoms with van der Waals surface area (Å²) < 4.78 is 0. The molecule has 2 N–H and O–H groups in total. The van der Waals surface area contributed by atoms with Crippen molar-refractivity contribution in [3.05, 3.63) is 48.2 Å². The third kappa shape index (κ3) is 5.72. The van der Waals surface area contributed by atoms with Crippen molar-refractivity contribution in [3.63, 3.8) is 0 Å². The van der Waals surface area contributed by atoms with Gasteiger partial charge in [0, 0.05) is 55.5 Å². The molecule has 1 aliphatic heterocycles. The molecule has 1 saturated carbocycles. The van der Waals surface area contributed by atoms with Crippen LogP contribution in [0, 0.1) is 5.92 Å². The van der Waals surface area contributed by atoms with Crippen LogP contribution in [0.2, 0.25) is 0 Å². The highest BCUT2D eigenvalue weighted by molar-refractivity contribution is 7.99. The molecule has 1 saturated heterocycles. The lowest BCUT2D eigenvalue weighted by molar-refractivity contribution is -0.119. The Labute approximate surface area is 198 Å². The van der Waals surface area contributed by atoms with E-state index in [1.165, 1.54) is 11.8 Å². The van der Waals surface area contributed by atoms with Gasteiger partial charge in [-0.2, -0.15) is 5.10 Å². The second-order valence-corrected chi connectivity index (χ2v) is 9.61. The van der Waals surface area contributed by atoms with Gasteiger partial charge in [0.05, 0.1) is 6.20 Å². The van der Waals surface area contributed by atoms with Crippen molar-refractivity contribution in [1.29, 1.82) is 0 Å². The molecule has 9 heteroatoms. The van der Waals surface area contributed by atoms with Crippen LogP contribution in [0.4, 0.5) is 17.5 Å². The van der Waals surface area contributed by atoms with Crippen molar-refractivity contribution in [3.8, 4) is 0 Å². The molecule has 2 fully saturated rings. The molecular formula is C24H29N7OS. The van der Waals surface area contributed by atoms with Crippen molar-refractivity contribution in [2.75, 3.05) is 42.9 Å². The summed E-state index contributed by atoms with van der Waals surface area (Å²) in [6.45, 7) is 7.24. The van der Waals surface area contributed by atoms with Gasteiger partial charge in [0.1, 0.15) is 23.2 Å². The molecule has 0 radical (unpaired) electrons. The lowest BCUT2D eigenvalue weighted by atomic mass is 10.1. The Morgan fingerprint density at radius 1 is 1.12 bits per heavy atom. The number of carbonyl (C=O) groups is 1. The van der Waals surface area contributed by atoms with Crippen molar-refractivity contribution >= 4 is 35.0 Å². The first kappa shape index (κ1) is 21.9. The third-order valence-corrected chi connectivity index (χ3v) is 7.02. The van der Waals surface area contributed by atoms with Gasteiger partial charge in [-0.1, -0.05) is 19.1 Å². The minimum absolute atomic E-state index is 0.301. The van der Waals surface area contributed by atoms with E-state index in [0.717, 1.165) is 73.5 Å². The fraction of sp³-hybridized carbons (Fsp3) is 0.417. The number of likely N-dealkylation sites (N-methyl/N-ethyl adjacent to an activating group) is 1. The van der Waals surface area contributed by atoms with Crippen LogP contribution in [-0.4, -0.2) is 63.6 Å². The summed E-state index contributed by atoms with van der Waals surface area (Å²) in [6.07, 6.45) is 4.36. The van der Waals surface area contributed by atoms with E-state index in [1.54, 1.807) is 6.20 Å². The lowest BCUT2D eigenvalue weighted by Gasteiger charge is -2.34. The molecule has 3 aromatic rings. The molecule has 8 nitrogen and oxygen atoms in total. The molecule has 2 aromatic heterocycles. The molecule has 1 aliphatic carbocycles. The van der Waals surface area contributed by atoms with E-state index in [1.807, 2.05) is 24.3 Å². The Bertz CT molecular complexity index is 1070. The first-order chi connectivity index (χ1) is 16.2. The number of H-pyrrole nitrogens is 1. The predicted octanol–water partition coefficient (Wildman–Crippen LogP) is 3.76. The molecule has 5 rings (SSSR count). The number of hydrogen-bond donors (Lipinski definition) is 2. The summed E-state index contributed by atoms with van der Waals surface area (Å²) in [5.74, 6) is 3.11. The lowest BCUT2D eigenvalue weighted by Crippen LogP contribution is -2.46. The maximum atomic E-state index is 12.1. The summed E-state index contributed by atoms with van der Waals surface area (Å²) >= 11 is 1.53. The smallest absolute Gasteiger partial charge is 0.196 e. The van der Waals surface area contributed by atoms with Gasteiger partial charge < -0.3 is 15.1 Å². The zero-order valence-electron chi connectivity index (χ0n) is 18.8. The van der Waals surface area contributed by atoms with E-state index in [2.05, 4.69) is 44.4 Å². The molecular weight excluding hydrogens is 434 g/mol. The highest BCUT2D eigenvalue weighted by Crippen LogP contribution is 2.32. The van der Waals surface area contributed by atoms with E-state index in [9.17, 15) is 4.79 Å². The van der Waals surface area contributed by atoms with Crippen LogP contribution in [0.25, 0.3) is 0 Å². The number of aromatic amines is 1. The van der Waals surface area contributed by atoms with Gasteiger partial charge in [-0.15, -0.1) is 0 Å². The van der Waals surface area contributed by atoms with Crippen LogP contribution in [0.1, 0.15) is 25.3 Å². The average Bonchev–Trinajstić information content (AvgIpc) is 3.58. The number of ketones is 1. The van der Waals surface area contributed by atoms with Crippen molar-refractivity contribution in [1.82, 2.24) is 25.1 Å². The van der Waals surface area contributed by atoms with Crippen molar-refractivity contribution < 1.29 is 4.79 Å². The van der Waals surface area contributed by atoms with Crippen LogP contribution < -0.4 is 10.2 Å². The first-order valence-electron chi connectivity index (χ1n) is 11.6. The van der Waals surface area contributed by atoms with E-state index >= 15 is 0 Å². The Hall–Kier alpha value is -2.91. The molecule has 0 spiro atoms. The third-order valence-electron chi connectivity index (χ3n) is 6.14. The van der Waals surface area contributed by atoms with Gasteiger partial charge in [-0.05, 0) is 48.8 Å². The zero-order chi connectivity index (χ0) is 22.6. The number of nitrogens with one attached hydrogen (secondary N) is 2. The van der Waals surface area contributed by atoms with E-state index < -0.39 is 0 Å². The number of Topliss-reactive ketones (excluding diaryl/α,β-unsaturated/α-hetero) is 1. The number of anilines is 3. The highest BCUT2D eigenvalue weighted by Gasteiger charge is 2.29. The van der Waals surface area contributed by atoms with Crippen LogP contribution in [0.5, 0.6) is 0 Å². The number of carbonyl (C=O) groups excluding carboxylic acids is 1. The Balaban J connectivity index is 1.33. The molecule has 2 aliphatic rings. The summed E-state index contributed by atoms with van der Waals surface area (Å²) in [5, 5.41) is 10.9. The SMILES string of the molecule is CCN1CCN(c2cc(Nc3ccn[nH]3)nc(Sc3ccc(CC(=O)C4CC4)cc3)n2)CC1. The second-order valence-electron chi connectivity index (χ2n) is 8.57. The molecule has 0 atom stereocenters. The molecule has 0 unspecified atom stereocenters. The molecule has 1 aromatic carbocycles. The van der Waals surface area contributed by atoms with Gasteiger partial charge in [-0.25, -0.2) is 9.97 Å². The fourth-order valence-electron chi connectivity index (χ4n) is 3.97. The number of nitrogens with zero attached hydrogens (tertiary/aromatic N) is 5. The maximum absolute atomic E-state index is 12.1. The molecule has 172 valence electrons. The van der Waals surface area contributed by atoms with Crippen molar-refractivity contribution in [2.24, 2.45) is 5.92 Å². The number of piperazine rings is 1. The second kappa shape index (κ2) is 9.93. The Morgan fingerprint density at radius 2 is 1.91 bits per heavy atom. The van der Waals surface area contributed by atoms with Crippen LogP contribution in [0.15, 0.2) is 52.6 Å². The van der Waals surface area contributed by atoms with Gasteiger partial charge in [0.2, 0.25) is 0 Å². The predicted molar refractivity (Wildman–Crippen MR) is 130 cm³/mol. The monoisotopic (exact) mass is 463 g/mol. The van der Waals surface area contributed by atoms with E-state index in [-0.39, 0.29) is 0 Å². The molecule has 0 amide bonds. The maximum Gasteiger partial charge on any atom is 0.196 e. The zero-order valence-corrected chi connectivity index (χ0v) is 19.6. The van der Waals surface area contributed by atoms with Gasteiger partial charge in [-0.3, -0.25) is 9.89 Å². The minimum atomic E-state index is 0.301. The van der Waals surface area contributed by atoms with Crippen LogP contribution >= 0.6 is 11.8 Å².